The van der Waals surface area contributed by atoms with Gasteiger partial charge in [-0.2, -0.15) is 0 Å². The Morgan fingerprint density at radius 2 is 2.16 bits per heavy atom. The highest BCUT2D eigenvalue weighted by Gasteiger charge is 2.18. The number of benzene rings is 1. The largest absolute Gasteiger partial charge is 0.507 e. The zero-order valence-corrected chi connectivity index (χ0v) is 12.6. The van der Waals surface area contributed by atoms with Crippen molar-refractivity contribution >= 4 is 21.8 Å². The molecule has 0 saturated carbocycles. The van der Waals surface area contributed by atoms with Crippen molar-refractivity contribution in [3.8, 4) is 5.75 Å². The molecule has 4 nitrogen and oxygen atoms in total. The smallest absolute Gasteiger partial charge is 0.255 e. The summed E-state index contributed by atoms with van der Waals surface area (Å²) in [6, 6.07) is 4.98. The number of carbonyl (C=O) groups excluding carboxylic acids is 1. The zero-order valence-electron chi connectivity index (χ0n) is 11.0. The molecule has 1 saturated heterocycles. The van der Waals surface area contributed by atoms with Gasteiger partial charge in [-0.15, -0.1) is 0 Å². The van der Waals surface area contributed by atoms with Gasteiger partial charge in [0.2, 0.25) is 0 Å². The van der Waals surface area contributed by atoms with Gasteiger partial charge in [-0.25, -0.2) is 0 Å². The normalized spacial score (nSPS) is 17.4. The molecule has 2 rings (SSSR count). The Bertz CT molecular complexity index is 459. The van der Waals surface area contributed by atoms with Gasteiger partial charge >= 0.3 is 0 Å². The second kappa shape index (κ2) is 6.39. The van der Waals surface area contributed by atoms with Crippen molar-refractivity contribution in [1.29, 1.82) is 0 Å². The zero-order chi connectivity index (χ0) is 13.8. The Balaban J connectivity index is 1.92. The van der Waals surface area contributed by atoms with Gasteiger partial charge in [0.05, 0.1) is 5.56 Å². The van der Waals surface area contributed by atoms with Crippen LogP contribution >= 0.6 is 15.9 Å². The molecular weight excluding hydrogens is 308 g/mol. The SMILES string of the molecule is CC(CN1CCCC1)NC(=O)c1ccc(Br)cc1O. The highest BCUT2D eigenvalue weighted by molar-refractivity contribution is 9.10. The number of halogens is 1. The fourth-order valence-corrected chi connectivity index (χ4v) is 2.75. The van der Waals surface area contributed by atoms with E-state index in [9.17, 15) is 9.90 Å². The van der Waals surface area contributed by atoms with Crippen molar-refractivity contribution in [1.82, 2.24) is 10.2 Å². The predicted molar refractivity (Wildman–Crippen MR) is 78.4 cm³/mol. The van der Waals surface area contributed by atoms with Crippen LogP contribution in [0.4, 0.5) is 0 Å². The second-order valence-electron chi connectivity index (χ2n) is 5.04. The molecule has 0 radical (unpaired) electrons. The van der Waals surface area contributed by atoms with Crippen molar-refractivity contribution in [2.24, 2.45) is 0 Å². The number of nitrogens with zero attached hydrogens (tertiary/aromatic N) is 1. The fourth-order valence-electron chi connectivity index (χ4n) is 2.40. The number of phenolic OH excluding ortho intramolecular Hbond substituents is 1. The van der Waals surface area contributed by atoms with Crippen molar-refractivity contribution < 1.29 is 9.90 Å². The van der Waals surface area contributed by atoms with Gasteiger partial charge in [-0.3, -0.25) is 4.79 Å². The Morgan fingerprint density at radius 1 is 1.47 bits per heavy atom. The van der Waals surface area contributed by atoms with Crippen molar-refractivity contribution in [3.63, 3.8) is 0 Å². The number of amides is 1. The minimum atomic E-state index is -0.225. The molecule has 0 bridgehead atoms. The first-order valence-corrected chi connectivity index (χ1v) is 7.37. The molecule has 104 valence electrons. The molecule has 1 fully saturated rings. The average molecular weight is 327 g/mol. The van der Waals surface area contributed by atoms with Gasteiger partial charge in [0.25, 0.3) is 5.91 Å². The molecule has 0 aliphatic carbocycles. The molecule has 0 aromatic heterocycles. The van der Waals surface area contributed by atoms with Crippen LogP contribution in [0.15, 0.2) is 22.7 Å². The van der Waals surface area contributed by atoms with E-state index in [2.05, 4.69) is 26.1 Å². The molecule has 1 atom stereocenters. The first kappa shape index (κ1) is 14.3. The summed E-state index contributed by atoms with van der Waals surface area (Å²) in [6.45, 7) is 5.09. The van der Waals surface area contributed by atoms with E-state index in [1.165, 1.54) is 18.9 Å². The summed E-state index contributed by atoms with van der Waals surface area (Å²) in [6.07, 6.45) is 2.49. The van der Waals surface area contributed by atoms with Gasteiger partial charge in [0, 0.05) is 17.1 Å². The molecule has 1 unspecified atom stereocenters. The monoisotopic (exact) mass is 326 g/mol. The van der Waals surface area contributed by atoms with Crippen LogP contribution in [0.5, 0.6) is 5.75 Å². The molecular formula is C14H19BrN2O2. The highest BCUT2D eigenvalue weighted by atomic mass is 79.9. The number of hydrogen-bond donors (Lipinski definition) is 2. The number of aromatic hydroxyl groups is 1. The molecule has 19 heavy (non-hydrogen) atoms. The lowest BCUT2D eigenvalue weighted by atomic mass is 10.1. The van der Waals surface area contributed by atoms with Crippen LogP contribution in [0.3, 0.4) is 0 Å². The Labute approximate surface area is 121 Å². The predicted octanol–water partition coefficient (Wildman–Crippen LogP) is 2.37. The average Bonchev–Trinajstić information content (AvgIpc) is 2.81. The molecule has 1 aromatic carbocycles. The van der Waals surface area contributed by atoms with Crippen LogP contribution in [0, 0.1) is 0 Å². The van der Waals surface area contributed by atoms with E-state index in [-0.39, 0.29) is 17.7 Å². The maximum Gasteiger partial charge on any atom is 0.255 e. The van der Waals surface area contributed by atoms with E-state index in [1.54, 1.807) is 12.1 Å². The number of hydrogen-bond acceptors (Lipinski definition) is 3. The maximum absolute atomic E-state index is 12.1. The van der Waals surface area contributed by atoms with E-state index in [4.69, 9.17) is 0 Å². The summed E-state index contributed by atoms with van der Waals surface area (Å²) in [5.74, 6) is -0.225. The lowest BCUT2D eigenvalue weighted by Crippen LogP contribution is -2.41. The summed E-state index contributed by atoms with van der Waals surface area (Å²) < 4.78 is 0.756. The summed E-state index contributed by atoms with van der Waals surface area (Å²) >= 11 is 3.26. The first-order valence-electron chi connectivity index (χ1n) is 6.58. The van der Waals surface area contributed by atoms with Crippen LogP contribution in [-0.2, 0) is 0 Å². The molecule has 1 aliphatic heterocycles. The summed E-state index contributed by atoms with van der Waals surface area (Å²) in [5, 5.41) is 12.7. The van der Waals surface area contributed by atoms with E-state index in [0.717, 1.165) is 24.1 Å². The van der Waals surface area contributed by atoms with Crippen LogP contribution in [0.2, 0.25) is 0 Å². The van der Waals surface area contributed by atoms with Crippen LogP contribution in [0.1, 0.15) is 30.1 Å². The van der Waals surface area contributed by atoms with Crippen molar-refractivity contribution in [2.75, 3.05) is 19.6 Å². The first-order chi connectivity index (χ1) is 9.06. The molecule has 1 heterocycles. The molecule has 2 N–H and O–H groups in total. The van der Waals surface area contributed by atoms with E-state index < -0.39 is 0 Å². The van der Waals surface area contributed by atoms with Gasteiger partial charge in [0.15, 0.2) is 0 Å². The highest BCUT2D eigenvalue weighted by Crippen LogP contribution is 2.22. The summed E-state index contributed by atoms with van der Waals surface area (Å²) in [4.78, 5) is 14.4. The van der Waals surface area contributed by atoms with Gasteiger partial charge in [0.1, 0.15) is 5.75 Å². The maximum atomic E-state index is 12.1. The number of rotatable bonds is 4. The van der Waals surface area contributed by atoms with Crippen molar-refractivity contribution in [3.05, 3.63) is 28.2 Å². The topological polar surface area (TPSA) is 52.6 Å². The minimum absolute atomic E-state index is 0.000229. The standard InChI is InChI=1S/C14H19BrN2O2/c1-10(9-17-6-2-3-7-17)16-14(19)12-5-4-11(15)8-13(12)18/h4-5,8,10,18H,2-3,6-7,9H2,1H3,(H,16,19). The Kier molecular flexibility index (Phi) is 4.82. The van der Waals surface area contributed by atoms with E-state index in [0.29, 0.717) is 5.56 Å². The second-order valence-corrected chi connectivity index (χ2v) is 5.96. The number of carbonyl (C=O) groups is 1. The van der Waals surface area contributed by atoms with E-state index in [1.807, 2.05) is 6.92 Å². The third-order valence-corrected chi connectivity index (χ3v) is 3.81. The fraction of sp³-hybridized carbons (Fsp3) is 0.500. The van der Waals surface area contributed by atoms with Gasteiger partial charge < -0.3 is 15.3 Å². The number of nitrogens with one attached hydrogen (secondary N) is 1. The Hall–Kier alpha value is -1.07. The van der Waals surface area contributed by atoms with Gasteiger partial charge in [-0.1, -0.05) is 15.9 Å². The van der Waals surface area contributed by atoms with Crippen molar-refractivity contribution in [2.45, 2.75) is 25.8 Å². The summed E-state index contributed by atoms with van der Waals surface area (Å²) in [7, 11) is 0. The van der Waals surface area contributed by atoms with Gasteiger partial charge in [-0.05, 0) is 51.1 Å². The van der Waals surface area contributed by atoms with Crippen LogP contribution < -0.4 is 5.32 Å². The molecule has 0 spiro atoms. The lowest BCUT2D eigenvalue weighted by Gasteiger charge is -2.21. The number of likely N-dealkylation sites (tertiary alicyclic amines) is 1. The van der Waals surface area contributed by atoms with Crippen LogP contribution in [-0.4, -0.2) is 41.6 Å². The Morgan fingerprint density at radius 3 is 2.79 bits per heavy atom. The minimum Gasteiger partial charge on any atom is -0.507 e. The van der Waals surface area contributed by atoms with Crippen LogP contribution in [0.25, 0.3) is 0 Å². The van der Waals surface area contributed by atoms with E-state index >= 15 is 0 Å². The molecule has 5 heteroatoms. The molecule has 1 aromatic rings. The summed E-state index contributed by atoms with van der Waals surface area (Å²) in [5.41, 5.74) is 0.316. The third kappa shape index (κ3) is 3.94. The lowest BCUT2D eigenvalue weighted by molar-refractivity contribution is 0.0929. The number of phenols is 1. The quantitative estimate of drug-likeness (QED) is 0.893. The third-order valence-electron chi connectivity index (χ3n) is 3.31. The molecule has 1 amide bonds. The molecule has 1 aliphatic rings.